The molecular formula is C6H14ClNO5. The molecule has 1 aliphatic rings. The molecule has 1 heterocycles. The van der Waals surface area contributed by atoms with Crippen molar-refractivity contribution in [1.82, 2.24) is 0 Å². The molecule has 6 nitrogen and oxygen atoms in total. The van der Waals surface area contributed by atoms with E-state index in [-0.39, 0.29) is 12.4 Å². The second-order valence-electron chi connectivity index (χ2n) is 2.81. The van der Waals surface area contributed by atoms with Crippen molar-refractivity contribution < 1.29 is 25.2 Å². The second kappa shape index (κ2) is 5.06. The van der Waals surface area contributed by atoms with Crippen molar-refractivity contribution in [3.63, 3.8) is 0 Å². The Morgan fingerprint density at radius 3 is 2.15 bits per heavy atom. The lowest BCUT2D eigenvalue weighted by Crippen LogP contribution is -2.61. The van der Waals surface area contributed by atoms with Gasteiger partial charge in [0.15, 0.2) is 6.29 Å². The zero-order valence-electron chi connectivity index (χ0n) is 6.78. The van der Waals surface area contributed by atoms with Gasteiger partial charge in [0.1, 0.15) is 18.3 Å². The topological polar surface area (TPSA) is 116 Å². The molecule has 0 aliphatic carbocycles. The Morgan fingerprint density at radius 2 is 1.69 bits per heavy atom. The van der Waals surface area contributed by atoms with Crippen LogP contribution in [-0.2, 0) is 4.74 Å². The lowest BCUT2D eigenvalue weighted by Gasteiger charge is -2.38. The average Bonchev–Trinajstić information content (AvgIpc) is 2.08. The Kier molecular flexibility index (Phi) is 5.08. The molecule has 3 unspecified atom stereocenters. The van der Waals surface area contributed by atoms with Gasteiger partial charge in [-0.1, -0.05) is 0 Å². The fourth-order valence-electron chi connectivity index (χ4n) is 1.12. The van der Waals surface area contributed by atoms with Crippen molar-refractivity contribution in [3.8, 4) is 0 Å². The van der Waals surface area contributed by atoms with Gasteiger partial charge in [0.25, 0.3) is 0 Å². The molecule has 7 heteroatoms. The van der Waals surface area contributed by atoms with Gasteiger partial charge in [-0.15, -0.1) is 12.4 Å². The van der Waals surface area contributed by atoms with E-state index in [9.17, 15) is 10.2 Å². The molecule has 0 amide bonds. The Morgan fingerprint density at radius 1 is 1.15 bits per heavy atom. The predicted molar refractivity (Wildman–Crippen MR) is 45.2 cm³/mol. The van der Waals surface area contributed by atoms with Crippen LogP contribution in [0.15, 0.2) is 0 Å². The minimum absolute atomic E-state index is 0. The lowest BCUT2D eigenvalue weighted by molar-refractivity contribution is -0.248. The Balaban J connectivity index is 0.00000144. The fraction of sp³-hybridized carbons (Fsp3) is 1.00. The smallest absolute Gasteiger partial charge is 0.173 e. The van der Waals surface area contributed by atoms with Crippen LogP contribution in [0, 0.1) is 0 Å². The normalized spacial score (nSPS) is 45.5. The van der Waals surface area contributed by atoms with Gasteiger partial charge in [0.2, 0.25) is 0 Å². The standard InChI is InChI=1S/C6H13NO5.ClH/c7-3-5(10)4(9)2(1-8)12-6(3)11;/h2-6,8-11H,1,7H2;1H/t2?,3?,4-,5+,6?;/m1./s1/i1+1,2+1,3+1,4+1,5+1,6+1,7+1;. The maximum absolute atomic E-state index is 9.20. The van der Waals surface area contributed by atoms with Gasteiger partial charge < -0.3 is 30.9 Å². The van der Waals surface area contributed by atoms with E-state index in [4.69, 9.17) is 20.7 Å². The first kappa shape index (κ1) is 13.1. The third-order valence-electron chi connectivity index (χ3n) is 1.95. The molecule has 5 atom stereocenters. The molecule has 13 heavy (non-hydrogen) atoms. The third kappa shape index (κ3) is 2.50. The number of halogens is 1. The molecule has 1 rings (SSSR count). The van der Waals surface area contributed by atoms with Gasteiger partial charge in [0, 0.05) is 0 Å². The summed E-state index contributed by atoms with van der Waals surface area (Å²) in [6.07, 6.45) is -4.85. The SMILES string of the molecule is Cl.[15NH2][13CH]1[13CH](O)O[13CH]([13CH2]O)[13C@@H](O)[13C@H]1O. The van der Waals surface area contributed by atoms with Gasteiger partial charge in [-0.05, 0) is 0 Å². The lowest BCUT2D eigenvalue weighted by atomic mass is 10.9. The fourth-order valence-corrected chi connectivity index (χ4v) is 1.12. The number of hydrogen-bond acceptors (Lipinski definition) is 6. The molecule has 0 aromatic rings. The minimum atomic E-state index is -1.35. The van der Waals surface area contributed by atoms with E-state index in [1.54, 1.807) is 0 Å². The van der Waals surface area contributed by atoms with Crippen molar-refractivity contribution in [3.05, 3.63) is 0 Å². The summed E-state index contributed by atoms with van der Waals surface area (Å²) in [7, 11) is 0. The Bertz CT molecular complexity index is 155. The van der Waals surface area contributed by atoms with Gasteiger partial charge >= 0.3 is 0 Å². The zero-order chi connectivity index (χ0) is 9.30. The molecule has 0 aromatic carbocycles. The summed E-state index contributed by atoms with van der Waals surface area (Å²) < 4.78 is 4.70. The largest absolute Gasteiger partial charge is 0.394 e. The van der Waals surface area contributed by atoms with Gasteiger partial charge in [-0.3, -0.25) is 0 Å². The number of aliphatic hydroxyl groups is 4. The van der Waals surface area contributed by atoms with E-state index in [1.807, 2.05) is 0 Å². The second-order valence-corrected chi connectivity index (χ2v) is 2.81. The van der Waals surface area contributed by atoms with Gasteiger partial charge in [-0.2, -0.15) is 0 Å². The molecule has 0 spiro atoms. The summed E-state index contributed by atoms with van der Waals surface area (Å²) >= 11 is 0. The number of rotatable bonds is 1. The van der Waals surface area contributed by atoms with Crippen molar-refractivity contribution in [1.29, 1.82) is 0 Å². The summed E-state index contributed by atoms with van der Waals surface area (Å²) in [5.74, 6) is 0. The van der Waals surface area contributed by atoms with Crippen molar-refractivity contribution in [2.24, 2.45) is 5.73 Å². The highest BCUT2D eigenvalue weighted by molar-refractivity contribution is 5.85. The van der Waals surface area contributed by atoms with Crippen LogP contribution in [0.2, 0.25) is 0 Å². The van der Waals surface area contributed by atoms with Crippen molar-refractivity contribution in [2.75, 3.05) is 6.61 Å². The first-order chi connectivity index (χ1) is 5.57. The minimum Gasteiger partial charge on any atom is -0.394 e. The first-order valence-corrected chi connectivity index (χ1v) is 3.64. The molecule has 0 aromatic heterocycles. The molecule has 1 saturated heterocycles. The van der Waals surface area contributed by atoms with Crippen LogP contribution < -0.4 is 5.73 Å². The van der Waals surface area contributed by atoms with Gasteiger partial charge in [0.05, 0.1) is 12.6 Å². The zero-order valence-corrected chi connectivity index (χ0v) is 7.59. The quantitative estimate of drug-likeness (QED) is 0.241. The number of aliphatic hydroxyl groups excluding tert-OH is 4. The molecule has 0 saturated carbocycles. The highest BCUT2D eigenvalue weighted by atomic mass is 35.5. The molecule has 0 radical (unpaired) electrons. The molecular weight excluding hydrogens is 208 g/mol. The van der Waals surface area contributed by atoms with E-state index in [2.05, 4.69) is 0 Å². The highest BCUT2D eigenvalue weighted by Crippen LogP contribution is 2.17. The maximum Gasteiger partial charge on any atom is 0.173 e. The van der Waals surface area contributed by atoms with Crippen LogP contribution >= 0.6 is 12.4 Å². The van der Waals surface area contributed by atoms with Crippen LogP contribution in [0.1, 0.15) is 0 Å². The van der Waals surface area contributed by atoms with Crippen molar-refractivity contribution >= 4 is 12.4 Å². The predicted octanol–water partition coefficient (Wildman–Crippen LogP) is -2.83. The van der Waals surface area contributed by atoms with Crippen LogP contribution in [0.25, 0.3) is 0 Å². The Hall–Kier alpha value is 0.0500. The van der Waals surface area contributed by atoms with Crippen molar-refractivity contribution in [2.45, 2.75) is 30.6 Å². The van der Waals surface area contributed by atoms with E-state index in [0.29, 0.717) is 0 Å². The summed E-state index contributed by atoms with van der Waals surface area (Å²) in [5.41, 5.74) is 5.26. The highest BCUT2D eigenvalue weighted by Gasteiger charge is 2.41. The average molecular weight is 223 g/mol. The summed E-state index contributed by atoms with van der Waals surface area (Å²) in [6.45, 7) is -0.470. The molecule has 6 N–H and O–H groups in total. The van der Waals surface area contributed by atoms with Crippen LogP contribution in [0.3, 0.4) is 0 Å². The summed E-state index contributed by atoms with van der Waals surface area (Å²) in [4.78, 5) is 0. The third-order valence-corrected chi connectivity index (χ3v) is 1.95. The summed E-state index contributed by atoms with van der Waals surface area (Å²) in [6, 6.07) is -1.04. The number of nitrogens with two attached hydrogens (primary N) is 1. The van der Waals surface area contributed by atoms with E-state index < -0.39 is 37.3 Å². The van der Waals surface area contributed by atoms with Crippen LogP contribution in [0.4, 0.5) is 0 Å². The molecule has 80 valence electrons. The summed E-state index contributed by atoms with van der Waals surface area (Å²) in [5, 5.41) is 36.1. The Labute approximate surface area is 81.3 Å². The van der Waals surface area contributed by atoms with Crippen LogP contribution in [-0.4, -0.2) is 57.7 Å². The first-order valence-electron chi connectivity index (χ1n) is 3.64. The molecule has 1 fully saturated rings. The monoisotopic (exact) mass is 222 g/mol. The maximum atomic E-state index is 9.20. The van der Waals surface area contributed by atoms with Gasteiger partial charge in [-0.25, -0.2) is 0 Å². The van der Waals surface area contributed by atoms with E-state index in [0.717, 1.165) is 0 Å². The molecule has 1 aliphatic heterocycles. The number of hydrogen-bond donors (Lipinski definition) is 5. The number of ether oxygens (including phenoxy) is 1. The van der Waals surface area contributed by atoms with E-state index in [1.165, 1.54) is 0 Å². The van der Waals surface area contributed by atoms with E-state index >= 15 is 0 Å². The van der Waals surface area contributed by atoms with Crippen LogP contribution in [0.5, 0.6) is 0 Å². The molecule has 0 bridgehead atoms.